The third kappa shape index (κ3) is 2.21. The summed E-state index contributed by atoms with van der Waals surface area (Å²) in [6, 6.07) is 5.63. The smallest absolute Gasteiger partial charge is 0.237 e. The Hall–Kier alpha value is -1.55. The molecule has 1 N–H and O–H groups in total. The Balaban J connectivity index is 2.56. The summed E-state index contributed by atoms with van der Waals surface area (Å²) in [5.41, 5.74) is 0.186. The molecule has 0 bridgehead atoms. The number of methoxy groups -OCH3 is 1. The third-order valence-electron chi connectivity index (χ3n) is 3.72. The molecule has 1 atom stereocenters. The van der Waals surface area contributed by atoms with Gasteiger partial charge in [-0.2, -0.15) is 0 Å². The number of anilines is 1. The minimum atomic E-state index is -0.907. The van der Waals surface area contributed by atoms with Gasteiger partial charge >= 0.3 is 0 Å². The second-order valence-corrected chi connectivity index (χ2v) is 6.07. The number of nitrogens with zero attached hydrogens (tertiary/aromatic N) is 1. The minimum Gasteiger partial charge on any atom is -0.497 e. The monoisotopic (exact) mass is 263 g/mol. The molecular formula is C15H21NO3. The standard InChI is InChI=1S/C15H21NO3/c1-14(2,18)9-15(3)11-8-10(19-5)6-7-12(11)16(4)13(15)17/h6-8,18H,9H2,1-5H3. The molecule has 0 fully saturated rings. The second-order valence-electron chi connectivity index (χ2n) is 6.07. The lowest BCUT2D eigenvalue weighted by Crippen LogP contribution is -2.41. The maximum absolute atomic E-state index is 12.5. The van der Waals surface area contributed by atoms with E-state index in [1.165, 1.54) is 0 Å². The molecule has 0 spiro atoms. The molecule has 1 aromatic carbocycles. The Morgan fingerprint density at radius 1 is 1.42 bits per heavy atom. The van der Waals surface area contributed by atoms with E-state index < -0.39 is 11.0 Å². The van der Waals surface area contributed by atoms with Crippen LogP contribution in [-0.2, 0) is 10.2 Å². The van der Waals surface area contributed by atoms with Crippen molar-refractivity contribution in [2.45, 2.75) is 38.2 Å². The van der Waals surface area contributed by atoms with Gasteiger partial charge in [-0.05, 0) is 51.0 Å². The molecule has 0 aliphatic carbocycles. The fourth-order valence-electron chi connectivity index (χ4n) is 3.01. The van der Waals surface area contributed by atoms with E-state index in [-0.39, 0.29) is 5.91 Å². The zero-order valence-corrected chi connectivity index (χ0v) is 12.2. The van der Waals surface area contributed by atoms with Crippen LogP contribution in [0, 0.1) is 0 Å². The summed E-state index contributed by atoms with van der Waals surface area (Å²) < 4.78 is 5.24. The van der Waals surface area contributed by atoms with Crippen molar-refractivity contribution < 1.29 is 14.6 Å². The first-order valence-corrected chi connectivity index (χ1v) is 6.38. The van der Waals surface area contributed by atoms with Crippen LogP contribution >= 0.6 is 0 Å². The number of fused-ring (bicyclic) bond motifs is 1. The van der Waals surface area contributed by atoms with E-state index in [9.17, 15) is 9.90 Å². The fourth-order valence-corrected chi connectivity index (χ4v) is 3.01. The predicted octanol–water partition coefficient (Wildman–Crippen LogP) is 2.09. The highest BCUT2D eigenvalue weighted by atomic mass is 16.5. The molecule has 1 aliphatic rings. The SMILES string of the molecule is COc1ccc2c(c1)C(C)(CC(C)(C)O)C(=O)N2C. The number of likely N-dealkylation sites (N-methyl/N-ethyl adjacent to an activating group) is 1. The lowest BCUT2D eigenvalue weighted by atomic mass is 9.75. The molecule has 2 rings (SSSR count). The van der Waals surface area contributed by atoms with Gasteiger partial charge in [-0.3, -0.25) is 4.79 Å². The molecule has 1 amide bonds. The van der Waals surface area contributed by atoms with Crippen molar-refractivity contribution in [3.05, 3.63) is 23.8 Å². The van der Waals surface area contributed by atoms with Gasteiger partial charge in [-0.25, -0.2) is 0 Å². The molecule has 1 aromatic rings. The Labute approximate surface area is 114 Å². The average Bonchev–Trinajstić information content (AvgIpc) is 2.49. The minimum absolute atomic E-state index is 0.0119. The van der Waals surface area contributed by atoms with Gasteiger partial charge in [0.05, 0.1) is 18.1 Å². The molecule has 0 saturated carbocycles. The summed E-state index contributed by atoms with van der Waals surface area (Å²) in [4.78, 5) is 14.2. The van der Waals surface area contributed by atoms with Crippen molar-refractivity contribution in [1.29, 1.82) is 0 Å². The van der Waals surface area contributed by atoms with E-state index in [1.807, 2.05) is 25.1 Å². The molecule has 0 saturated heterocycles. The van der Waals surface area contributed by atoms with Gasteiger partial charge in [-0.15, -0.1) is 0 Å². The molecule has 1 unspecified atom stereocenters. The van der Waals surface area contributed by atoms with Gasteiger partial charge < -0.3 is 14.7 Å². The Morgan fingerprint density at radius 2 is 2.05 bits per heavy atom. The highest BCUT2D eigenvalue weighted by molar-refractivity contribution is 6.07. The number of hydrogen-bond donors (Lipinski definition) is 1. The number of carbonyl (C=O) groups excluding carboxylic acids is 1. The Morgan fingerprint density at radius 3 is 2.58 bits per heavy atom. The quantitative estimate of drug-likeness (QED) is 0.908. The van der Waals surface area contributed by atoms with Gasteiger partial charge in [0.2, 0.25) is 5.91 Å². The predicted molar refractivity (Wildman–Crippen MR) is 74.7 cm³/mol. The van der Waals surface area contributed by atoms with Gasteiger partial charge in [-0.1, -0.05) is 0 Å². The van der Waals surface area contributed by atoms with Crippen molar-refractivity contribution in [3.63, 3.8) is 0 Å². The number of amides is 1. The number of ether oxygens (including phenoxy) is 1. The summed E-state index contributed by atoms with van der Waals surface area (Å²) in [5, 5.41) is 10.1. The van der Waals surface area contributed by atoms with Crippen LogP contribution < -0.4 is 9.64 Å². The Kier molecular flexibility index (Phi) is 3.09. The maximum Gasteiger partial charge on any atom is 0.237 e. The zero-order chi connectivity index (χ0) is 14.4. The summed E-state index contributed by atoms with van der Waals surface area (Å²) in [6.07, 6.45) is 0.378. The number of carbonyl (C=O) groups is 1. The van der Waals surface area contributed by atoms with Gasteiger partial charge in [0.1, 0.15) is 5.75 Å². The Bertz CT molecular complexity index is 519. The van der Waals surface area contributed by atoms with Gasteiger partial charge in [0.15, 0.2) is 0 Å². The first-order valence-electron chi connectivity index (χ1n) is 6.38. The van der Waals surface area contributed by atoms with Crippen molar-refractivity contribution in [2.75, 3.05) is 19.1 Å². The van der Waals surface area contributed by atoms with Crippen LogP contribution in [0.3, 0.4) is 0 Å². The second kappa shape index (κ2) is 4.23. The largest absolute Gasteiger partial charge is 0.497 e. The van der Waals surface area contributed by atoms with E-state index in [2.05, 4.69) is 0 Å². The molecule has 19 heavy (non-hydrogen) atoms. The van der Waals surface area contributed by atoms with Crippen LogP contribution in [0.25, 0.3) is 0 Å². The van der Waals surface area contributed by atoms with Crippen LogP contribution in [0.1, 0.15) is 32.8 Å². The molecule has 1 aliphatic heterocycles. The average molecular weight is 263 g/mol. The molecule has 0 aromatic heterocycles. The first-order chi connectivity index (χ1) is 8.69. The van der Waals surface area contributed by atoms with E-state index in [1.54, 1.807) is 32.9 Å². The van der Waals surface area contributed by atoms with Crippen molar-refractivity contribution in [3.8, 4) is 5.75 Å². The molecule has 4 nitrogen and oxygen atoms in total. The number of aliphatic hydroxyl groups is 1. The van der Waals surface area contributed by atoms with Crippen LogP contribution in [0.2, 0.25) is 0 Å². The van der Waals surface area contributed by atoms with E-state index in [0.717, 1.165) is 17.0 Å². The van der Waals surface area contributed by atoms with E-state index in [0.29, 0.717) is 6.42 Å². The summed E-state index contributed by atoms with van der Waals surface area (Å²) in [5.74, 6) is 0.738. The van der Waals surface area contributed by atoms with Gasteiger partial charge in [0.25, 0.3) is 0 Å². The van der Waals surface area contributed by atoms with E-state index in [4.69, 9.17) is 4.74 Å². The number of benzene rings is 1. The van der Waals surface area contributed by atoms with Crippen LogP contribution in [0.15, 0.2) is 18.2 Å². The highest BCUT2D eigenvalue weighted by Gasteiger charge is 2.48. The third-order valence-corrected chi connectivity index (χ3v) is 3.72. The maximum atomic E-state index is 12.5. The van der Waals surface area contributed by atoms with Gasteiger partial charge in [0, 0.05) is 12.7 Å². The molecule has 4 heteroatoms. The highest BCUT2D eigenvalue weighted by Crippen LogP contribution is 2.46. The number of rotatable bonds is 3. The van der Waals surface area contributed by atoms with Crippen LogP contribution in [0.4, 0.5) is 5.69 Å². The van der Waals surface area contributed by atoms with Crippen LogP contribution in [0.5, 0.6) is 5.75 Å². The topological polar surface area (TPSA) is 49.8 Å². The normalized spacial score (nSPS) is 22.6. The van der Waals surface area contributed by atoms with Crippen LogP contribution in [-0.4, -0.2) is 30.8 Å². The molecule has 1 heterocycles. The molecular weight excluding hydrogens is 242 g/mol. The number of hydrogen-bond acceptors (Lipinski definition) is 3. The van der Waals surface area contributed by atoms with Crippen molar-refractivity contribution in [2.24, 2.45) is 0 Å². The van der Waals surface area contributed by atoms with Crippen molar-refractivity contribution >= 4 is 11.6 Å². The lowest BCUT2D eigenvalue weighted by Gasteiger charge is -2.30. The molecule has 0 radical (unpaired) electrons. The zero-order valence-electron chi connectivity index (χ0n) is 12.2. The summed E-state index contributed by atoms with van der Waals surface area (Å²) >= 11 is 0. The molecule has 104 valence electrons. The summed E-state index contributed by atoms with van der Waals surface area (Å²) in [6.45, 7) is 5.34. The van der Waals surface area contributed by atoms with Crippen molar-refractivity contribution in [1.82, 2.24) is 0 Å². The fraction of sp³-hybridized carbons (Fsp3) is 0.533. The summed E-state index contributed by atoms with van der Waals surface area (Å²) in [7, 11) is 3.37. The lowest BCUT2D eigenvalue weighted by molar-refractivity contribution is -0.124. The van der Waals surface area contributed by atoms with E-state index >= 15 is 0 Å². The first kappa shape index (κ1) is 13.9.